The Kier molecular flexibility index (Phi) is 5.57. The number of anilines is 1. The maximum Gasteiger partial charge on any atom is 0.269 e. The Morgan fingerprint density at radius 3 is 2.12 bits per heavy atom. The zero-order valence-corrected chi connectivity index (χ0v) is 14.0. The molecule has 0 unspecified atom stereocenters. The van der Waals surface area contributed by atoms with Gasteiger partial charge in [0, 0.05) is 17.7 Å². The van der Waals surface area contributed by atoms with Crippen LogP contribution in [0.25, 0.3) is 0 Å². The molecule has 6 heteroatoms. The molecule has 0 heterocycles. The molecule has 3 aromatic rings. The van der Waals surface area contributed by atoms with E-state index in [2.05, 4.69) is 15.8 Å². The first-order valence-corrected chi connectivity index (χ1v) is 8.12. The van der Waals surface area contributed by atoms with E-state index in [9.17, 15) is 10.1 Å². The summed E-state index contributed by atoms with van der Waals surface area (Å²) in [5.74, 6) is 0.688. The minimum atomic E-state index is -0.423. The molecule has 0 aromatic heterocycles. The Labute approximate surface area is 151 Å². The summed E-state index contributed by atoms with van der Waals surface area (Å²) in [7, 11) is 0. The van der Waals surface area contributed by atoms with Crippen LogP contribution < -0.4 is 10.9 Å². The van der Waals surface area contributed by atoms with Crippen LogP contribution in [0, 0.1) is 10.1 Å². The second kappa shape index (κ2) is 8.43. The van der Waals surface area contributed by atoms with Crippen molar-refractivity contribution in [3.05, 3.63) is 106 Å². The van der Waals surface area contributed by atoms with Crippen LogP contribution in [-0.4, -0.2) is 10.8 Å². The highest BCUT2D eigenvalue weighted by Crippen LogP contribution is 2.15. The summed E-state index contributed by atoms with van der Waals surface area (Å²) in [4.78, 5) is 15.0. The van der Waals surface area contributed by atoms with E-state index < -0.39 is 4.92 Å². The highest BCUT2D eigenvalue weighted by molar-refractivity contribution is 5.99. The Morgan fingerprint density at radius 2 is 1.50 bits per heavy atom. The number of nitrogens with zero attached hydrogens (tertiary/aromatic N) is 2. The highest BCUT2D eigenvalue weighted by Gasteiger charge is 2.05. The molecule has 0 amide bonds. The van der Waals surface area contributed by atoms with E-state index in [0.29, 0.717) is 18.1 Å². The second-order valence-corrected chi connectivity index (χ2v) is 5.57. The molecule has 6 nitrogen and oxygen atoms in total. The molecule has 0 aliphatic rings. The average molecular weight is 346 g/mol. The smallest absolute Gasteiger partial charge is 0.269 e. The van der Waals surface area contributed by atoms with Crippen molar-refractivity contribution in [1.82, 2.24) is 5.43 Å². The molecule has 130 valence electrons. The fraction of sp³-hybridized carbons (Fsp3) is 0.0500. The average Bonchev–Trinajstić information content (AvgIpc) is 2.70. The van der Waals surface area contributed by atoms with E-state index in [-0.39, 0.29) is 5.69 Å². The van der Waals surface area contributed by atoms with Gasteiger partial charge in [0.1, 0.15) is 5.84 Å². The van der Waals surface area contributed by atoms with E-state index in [1.165, 1.54) is 12.1 Å². The van der Waals surface area contributed by atoms with Crippen LogP contribution in [-0.2, 0) is 6.54 Å². The molecule has 0 aliphatic carbocycles. The lowest BCUT2D eigenvalue weighted by Gasteiger charge is -2.13. The van der Waals surface area contributed by atoms with Crippen LogP contribution >= 0.6 is 0 Å². The molecule has 2 N–H and O–H groups in total. The summed E-state index contributed by atoms with van der Waals surface area (Å²) in [6.45, 7) is 0.542. The minimum Gasteiger partial charge on any atom is -0.300 e. The number of rotatable bonds is 6. The van der Waals surface area contributed by atoms with Gasteiger partial charge in [0.2, 0.25) is 0 Å². The number of hydrogen-bond acceptors (Lipinski definition) is 4. The van der Waals surface area contributed by atoms with E-state index in [1.807, 2.05) is 60.7 Å². The van der Waals surface area contributed by atoms with Gasteiger partial charge < -0.3 is 0 Å². The van der Waals surface area contributed by atoms with Gasteiger partial charge in [-0.05, 0) is 17.7 Å². The van der Waals surface area contributed by atoms with Crippen molar-refractivity contribution in [3.63, 3.8) is 0 Å². The third kappa shape index (κ3) is 4.67. The summed E-state index contributed by atoms with van der Waals surface area (Å²) < 4.78 is 0. The summed E-state index contributed by atoms with van der Waals surface area (Å²) in [5, 5.41) is 10.7. The van der Waals surface area contributed by atoms with Crippen molar-refractivity contribution in [2.24, 2.45) is 4.99 Å². The first-order chi connectivity index (χ1) is 12.7. The molecule has 3 aromatic carbocycles. The lowest BCUT2D eigenvalue weighted by atomic mass is 10.2. The summed E-state index contributed by atoms with van der Waals surface area (Å²) >= 11 is 0. The number of amidine groups is 1. The van der Waals surface area contributed by atoms with Crippen molar-refractivity contribution in [3.8, 4) is 0 Å². The number of hydrogen-bond donors (Lipinski definition) is 2. The molecule has 0 bridgehead atoms. The predicted molar refractivity (Wildman–Crippen MR) is 103 cm³/mol. The Balaban J connectivity index is 1.74. The predicted octanol–water partition coefficient (Wildman–Crippen LogP) is 4.16. The molecule has 3 rings (SSSR count). The largest absolute Gasteiger partial charge is 0.300 e. The highest BCUT2D eigenvalue weighted by atomic mass is 16.6. The lowest BCUT2D eigenvalue weighted by Crippen LogP contribution is -2.30. The van der Waals surface area contributed by atoms with Gasteiger partial charge in [-0.25, -0.2) is 0 Å². The van der Waals surface area contributed by atoms with E-state index in [1.54, 1.807) is 12.1 Å². The normalized spacial score (nSPS) is 11.0. The summed E-state index contributed by atoms with van der Waals surface area (Å²) in [5.41, 5.74) is 8.96. The first kappa shape index (κ1) is 17.2. The number of nitrogens with one attached hydrogen (secondary N) is 2. The van der Waals surface area contributed by atoms with Gasteiger partial charge in [0.25, 0.3) is 5.69 Å². The maximum absolute atomic E-state index is 10.7. The molecule has 0 saturated heterocycles. The zero-order valence-electron chi connectivity index (χ0n) is 14.0. The molecular formula is C20H18N4O2. The van der Waals surface area contributed by atoms with Crippen LogP contribution in [0.2, 0.25) is 0 Å². The van der Waals surface area contributed by atoms with Gasteiger partial charge in [-0.2, -0.15) is 0 Å². The number of nitro groups is 1. The van der Waals surface area contributed by atoms with Crippen LogP contribution in [0.3, 0.4) is 0 Å². The summed E-state index contributed by atoms with van der Waals surface area (Å²) in [6.07, 6.45) is 0. The molecule has 0 saturated carbocycles. The number of aliphatic imine (C=N–C) groups is 1. The molecule has 0 spiro atoms. The SMILES string of the molecule is O=[N+]([O-])c1ccc(NNC(=NCc2ccccc2)c2ccccc2)cc1. The molecule has 0 atom stereocenters. The van der Waals surface area contributed by atoms with E-state index >= 15 is 0 Å². The van der Waals surface area contributed by atoms with Crippen LogP contribution in [0.1, 0.15) is 11.1 Å². The topological polar surface area (TPSA) is 79.6 Å². The van der Waals surface area contributed by atoms with Crippen molar-refractivity contribution in [1.29, 1.82) is 0 Å². The van der Waals surface area contributed by atoms with Gasteiger partial charge in [0.05, 0.1) is 17.2 Å². The Morgan fingerprint density at radius 1 is 0.885 bits per heavy atom. The van der Waals surface area contributed by atoms with Gasteiger partial charge in [-0.15, -0.1) is 0 Å². The molecule has 0 fully saturated rings. The van der Waals surface area contributed by atoms with Crippen LogP contribution in [0.15, 0.2) is 89.9 Å². The van der Waals surface area contributed by atoms with Gasteiger partial charge in [-0.1, -0.05) is 60.7 Å². The number of hydrazine groups is 1. The fourth-order valence-electron chi connectivity index (χ4n) is 2.35. The van der Waals surface area contributed by atoms with Crippen molar-refractivity contribution in [2.75, 3.05) is 5.43 Å². The van der Waals surface area contributed by atoms with E-state index in [4.69, 9.17) is 0 Å². The van der Waals surface area contributed by atoms with Crippen LogP contribution in [0.4, 0.5) is 11.4 Å². The van der Waals surface area contributed by atoms with Crippen molar-refractivity contribution < 1.29 is 4.92 Å². The second-order valence-electron chi connectivity index (χ2n) is 5.57. The maximum atomic E-state index is 10.7. The lowest BCUT2D eigenvalue weighted by molar-refractivity contribution is -0.384. The number of benzene rings is 3. The quantitative estimate of drug-likeness (QED) is 0.304. The van der Waals surface area contributed by atoms with E-state index in [0.717, 1.165) is 11.1 Å². The standard InChI is InChI=1S/C20H18N4O2/c25-24(26)19-13-11-18(12-14-19)22-23-20(17-9-5-2-6-10-17)21-15-16-7-3-1-4-8-16/h1-14,22H,15H2,(H,21,23). The Hall–Kier alpha value is -3.67. The first-order valence-electron chi connectivity index (χ1n) is 8.12. The Bertz CT molecular complexity index is 879. The number of nitro benzene ring substituents is 1. The molecular weight excluding hydrogens is 328 g/mol. The molecule has 0 aliphatic heterocycles. The minimum absolute atomic E-state index is 0.0524. The zero-order chi connectivity index (χ0) is 18.2. The van der Waals surface area contributed by atoms with Crippen molar-refractivity contribution in [2.45, 2.75) is 6.54 Å². The van der Waals surface area contributed by atoms with Gasteiger partial charge in [-0.3, -0.25) is 26.0 Å². The third-order valence-electron chi connectivity index (χ3n) is 3.71. The number of non-ortho nitro benzene ring substituents is 1. The fourth-order valence-corrected chi connectivity index (χ4v) is 2.35. The third-order valence-corrected chi connectivity index (χ3v) is 3.71. The molecule has 26 heavy (non-hydrogen) atoms. The van der Waals surface area contributed by atoms with Crippen LogP contribution in [0.5, 0.6) is 0 Å². The van der Waals surface area contributed by atoms with Gasteiger partial charge in [0.15, 0.2) is 0 Å². The van der Waals surface area contributed by atoms with Gasteiger partial charge >= 0.3 is 0 Å². The van der Waals surface area contributed by atoms with Crippen molar-refractivity contribution >= 4 is 17.2 Å². The summed E-state index contributed by atoms with van der Waals surface area (Å²) in [6, 6.07) is 25.9. The monoisotopic (exact) mass is 346 g/mol. The molecule has 0 radical (unpaired) electrons.